The molecule has 0 radical (unpaired) electrons. The molecule has 0 aliphatic carbocycles. The molecule has 1 aliphatic rings. The molecule has 1 atom stereocenters. The molecule has 4 nitrogen and oxygen atoms in total. The average Bonchev–Trinajstić information content (AvgIpc) is 2.68. The number of amides is 1. The van der Waals surface area contributed by atoms with Gasteiger partial charge in [0.25, 0.3) is 5.91 Å². The molecule has 2 N–H and O–H groups in total. The van der Waals surface area contributed by atoms with Crippen molar-refractivity contribution >= 4 is 27.5 Å². The monoisotopic (exact) mass is 287 g/mol. The Morgan fingerprint density at radius 3 is 3.00 bits per heavy atom. The molecule has 16 heavy (non-hydrogen) atoms. The normalized spacial score (nSPS) is 20.1. The lowest BCUT2D eigenvalue weighted by atomic mass is 10.2. The van der Waals surface area contributed by atoms with Gasteiger partial charge in [0.2, 0.25) is 0 Å². The second-order valence-corrected chi connectivity index (χ2v) is 4.49. The van der Waals surface area contributed by atoms with E-state index in [0.717, 1.165) is 0 Å². The highest BCUT2D eigenvalue weighted by atomic mass is 79.9. The molecule has 86 valence electrons. The summed E-state index contributed by atoms with van der Waals surface area (Å²) in [4.78, 5) is 17.3. The Morgan fingerprint density at radius 1 is 1.69 bits per heavy atom. The molecule has 1 amide bonds. The minimum absolute atomic E-state index is 0.162. The fourth-order valence-electron chi connectivity index (χ4n) is 1.67. The van der Waals surface area contributed by atoms with E-state index in [4.69, 9.17) is 5.73 Å². The lowest BCUT2D eigenvalue weighted by molar-refractivity contribution is 0.0782. The first kappa shape index (κ1) is 11.3. The van der Waals surface area contributed by atoms with Gasteiger partial charge in [0.05, 0.1) is 17.8 Å². The highest BCUT2D eigenvalue weighted by Crippen LogP contribution is 2.20. The Hall–Kier alpha value is -1.17. The minimum Gasteiger partial charge on any atom is -0.397 e. The third-order valence-electron chi connectivity index (χ3n) is 2.53. The summed E-state index contributed by atoms with van der Waals surface area (Å²) in [6.45, 7) is 0.616. The summed E-state index contributed by atoms with van der Waals surface area (Å²) < 4.78 is 13.5. The number of hydrogen-bond donors (Lipinski definition) is 1. The molecule has 0 aromatic carbocycles. The quantitative estimate of drug-likeness (QED) is 0.799. The van der Waals surface area contributed by atoms with Crippen molar-refractivity contribution in [3.63, 3.8) is 0 Å². The van der Waals surface area contributed by atoms with Crippen molar-refractivity contribution in [3.8, 4) is 0 Å². The van der Waals surface area contributed by atoms with Crippen LogP contribution in [0.5, 0.6) is 0 Å². The predicted octanol–water partition coefficient (Wildman–Crippen LogP) is 1.61. The lowest BCUT2D eigenvalue weighted by Crippen LogP contribution is -2.29. The minimum atomic E-state index is -0.912. The van der Waals surface area contributed by atoms with Gasteiger partial charge in [-0.3, -0.25) is 4.79 Å². The number of halogens is 2. The number of aromatic nitrogens is 1. The first-order valence-corrected chi connectivity index (χ1v) is 5.71. The molecule has 1 aliphatic heterocycles. The molecule has 0 unspecified atom stereocenters. The molecule has 1 aromatic rings. The summed E-state index contributed by atoms with van der Waals surface area (Å²) in [5, 5.41) is 0. The molecule has 2 heterocycles. The molecular weight excluding hydrogens is 277 g/mol. The van der Waals surface area contributed by atoms with Crippen LogP contribution >= 0.6 is 15.9 Å². The standard InChI is InChI=1S/C10H11BrFN3O/c11-9-8(13)3-6(4-14-9)10(16)15-2-1-7(12)5-15/h3-4,7H,1-2,5,13H2/t7-/m1/s1. The van der Waals surface area contributed by atoms with E-state index >= 15 is 0 Å². The van der Waals surface area contributed by atoms with Crippen molar-refractivity contribution in [2.24, 2.45) is 0 Å². The van der Waals surface area contributed by atoms with Gasteiger partial charge in [0, 0.05) is 12.7 Å². The van der Waals surface area contributed by atoms with E-state index < -0.39 is 6.17 Å². The zero-order valence-electron chi connectivity index (χ0n) is 8.49. The summed E-state index contributed by atoms with van der Waals surface area (Å²) >= 11 is 3.15. The van der Waals surface area contributed by atoms with Gasteiger partial charge in [0.15, 0.2) is 0 Å². The number of nitrogens with zero attached hydrogens (tertiary/aromatic N) is 2. The Balaban J connectivity index is 2.18. The lowest BCUT2D eigenvalue weighted by Gasteiger charge is -2.15. The van der Waals surface area contributed by atoms with E-state index in [1.807, 2.05) is 0 Å². The number of alkyl halides is 1. The number of anilines is 1. The Morgan fingerprint density at radius 2 is 2.44 bits per heavy atom. The topological polar surface area (TPSA) is 59.2 Å². The van der Waals surface area contributed by atoms with E-state index in [1.54, 1.807) is 6.07 Å². The Bertz CT molecular complexity index is 427. The zero-order valence-corrected chi connectivity index (χ0v) is 10.1. The van der Waals surface area contributed by atoms with E-state index in [9.17, 15) is 9.18 Å². The van der Waals surface area contributed by atoms with E-state index in [1.165, 1.54) is 11.1 Å². The summed E-state index contributed by atoms with van der Waals surface area (Å²) in [6, 6.07) is 1.55. The fraction of sp³-hybridized carbons (Fsp3) is 0.400. The van der Waals surface area contributed by atoms with Crippen LogP contribution in [0.15, 0.2) is 16.9 Å². The number of nitrogen functional groups attached to an aromatic ring is 1. The Labute approximate surface area is 101 Å². The first-order chi connectivity index (χ1) is 7.58. The van der Waals surface area contributed by atoms with Gasteiger partial charge >= 0.3 is 0 Å². The van der Waals surface area contributed by atoms with Crippen LogP contribution in [0.1, 0.15) is 16.8 Å². The molecular formula is C10H11BrFN3O. The maximum absolute atomic E-state index is 13.0. The average molecular weight is 288 g/mol. The highest BCUT2D eigenvalue weighted by Gasteiger charge is 2.26. The molecule has 0 saturated carbocycles. The van der Waals surface area contributed by atoms with Crippen molar-refractivity contribution < 1.29 is 9.18 Å². The van der Waals surface area contributed by atoms with Crippen molar-refractivity contribution in [3.05, 3.63) is 22.4 Å². The number of likely N-dealkylation sites (tertiary alicyclic amines) is 1. The summed E-state index contributed by atoms with van der Waals surface area (Å²) in [6.07, 6.45) is 0.934. The third kappa shape index (κ3) is 2.16. The maximum Gasteiger partial charge on any atom is 0.255 e. The van der Waals surface area contributed by atoms with Crippen LogP contribution in [0.3, 0.4) is 0 Å². The van der Waals surface area contributed by atoms with Gasteiger partial charge in [-0.25, -0.2) is 9.37 Å². The van der Waals surface area contributed by atoms with Crippen LogP contribution in [0.2, 0.25) is 0 Å². The second kappa shape index (κ2) is 4.37. The molecule has 2 rings (SSSR count). The zero-order chi connectivity index (χ0) is 11.7. The number of nitrogens with two attached hydrogens (primary N) is 1. The number of hydrogen-bond acceptors (Lipinski definition) is 3. The van der Waals surface area contributed by atoms with Crippen molar-refractivity contribution in [1.82, 2.24) is 9.88 Å². The SMILES string of the molecule is Nc1cc(C(=O)N2CC[C@@H](F)C2)cnc1Br. The van der Waals surface area contributed by atoms with Gasteiger partial charge in [-0.2, -0.15) is 0 Å². The van der Waals surface area contributed by atoms with Crippen LogP contribution in [0.4, 0.5) is 10.1 Å². The summed E-state index contributed by atoms with van der Waals surface area (Å²) in [7, 11) is 0. The van der Waals surface area contributed by atoms with Crippen molar-refractivity contribution in [2.45, 2.75) is 12.6 Å². The smallest absolute Gasteiger partial charge is 0.255 e. The molecule has 6 heteroatoms. The first-order valence-electron chi connectivity index (χ1n) is 4.92. The number of rotatable bonds is 1. The summed E-state index contributed by atoms with van der Waals surface area (Å²) in [5.74, 6) is -0.216. The molecule has 0 bridgehead atoms. The molecule has 1 fully saturated rings. The predicted molar refractivity (Wildman–Crippen MR) is 61.8 cm³/mol. The van der Waals surface area contributed by atoms with Gasteiger partial charge in [0.1, 0.15) is 10.8 Å². The second-order valence-electron chi connectivity index (χ2n) is 3.74. The van der Waals surface area contributed by atoms with Crippen LogP contribution < -0.4 is 5.73 Å². The van der Waals surface area contributed by atoms with Crippen LogP contribution in [-0.4, -0.2) is 35.1 Å². The van der Waals surface area contributed by atoms with Crippen LogP contribution in [0, 0.1) is 0 Å². The maximum atomic E-state index is 13.0. The van der Waals surface area contributed by atoms with Gasteiger partial charge < -0.3 is 10.6 Å². The van der Waals surface area contributed by atoms with Gasteiger partial charge in [-0.15, -0.1) is 0 Å². The van der Waals surface area contributed by atoms with Crippen molar-refractivity contribution in [1.29, 1.82) is 0 Å². The Kier molecular flexibility index (Phi) is 3.09. The molecule has 1 aromatic heterocycles. The van der Waals surface area contributed by atoms with Gasteiger partial charge in [-0.05, 0) is 28.4 Å². The number of pyridine rings is 1. The van der Waals surface area contributed by atoms with E-state index in [2.05, 4.69) is 20.9 Å². The molecule has 0 spiro atoms. The van der Waals surface area contributed by atoms with Crippen molar-refractivity contribution in [2.75, 3.05) is 18.8 Å². The van der Waals surface area contributed by atoms with Crippen LogP contribution in [0.25, 0.3) is 0 Å². The largest absolute Gasteiger partial charge is 0.397 e. The fourth-order valence-corrected chi connectivity index (χ4v) is 1.88. The number of carbonyl (C=O) groups excluding carboxylic acids is 1. The van der Waals surface area contributed by atoms with E-state index in [0.29, 0.717) is 28.8 Å². The third-order valence-corrected chi connectivity index (χ3v) is 3.19. The van der Waals surface area contributed by atoms with Gasteiger partial charge in [-0.1, -0.05) is 0 Å². The number of carbonyl (C=O) groups is 1. The van der Waals surface area contributed by atoms with Crippen LogP contribution in [-0.2, 0) is 0 Å². The summed E-state index contributed by atoms with van der Waals surface area (Å²) in [5.41, 5.74) is 6.43. The molecule has 1 saturated heterocycles. The van der Waals surface area contributed by atoms with E-state index in [-0.39, 0.29) is 12.5 Å². The highest BCUT2D eigenvalue weighted by molar-refractivity contribution is 9.10.